The van der Waals surface area contributed by atoms with E-state index >= 15 is 0 Å². The topological polar surface area (TPSA) is 0 Å². The van der Waals surface area contributed by atoms with Gasteiger partial charge in [-0.3, -0.25) is 0 Å². The van der Waals surface area contributed by atoms with Crippen LogP contribution in [0.25, 0.3) is 0 Å². The molecule has 3 fully saturated rings. The van der Waals surface area contributed by atoms with Crippen LogP contribution in [0.2, 0.25) is 0 Å². The molecule has 2 unspecified atom stereocenters. The van der Waals surface area contributed by atoms with Gasteiger partial charge in [0.25, 0.3) is 0 Å². The summed E-state index contributed by atoms with van der Waals surface area (Å²) in [5, 5.41) is 0. The Bertz CT molecular complexity index is 357. The maximum absolute atomic E-state index is 2.40. The minimum atomic E-state index is 0. The summed E-state index contributed by atoms with van der Waals surface area (Å²) >= 11 is 0. The van der Waals surface area contributed by atoms with Crippen molar-refractivity contribution in [3.63, 3.8) is 0 Å². The molecule has 2 atom stereocenters. The van der Waals surface area contributed by atoms with Crippen LogP contribution in [0.1, 0.15) is 233 Å². The van der Waals surface area contributed by atoms with Crippen molar-refractivity contribution in [3.8, 4) is 0 Å². The molecule has 0 aromatic rings. The van der Waals surface area contributed by atoms with Crippen molar-refractivity contribution >= 4 is 0 Å². The summed E-state index contributed by atoms with van der Waals surface area (Å²) in [5.74, 6) is 4.03. The normalized spacial score (nSPS) is 22.5. The molecule has 0 saturated heterocycles. The van der Waals surface area contributed by atoms with E-state index in [1.807, 2.05) is 27.7 Å². The van der Waals surface area contributed by atoms with Crippen molar-refractivity contribution in [1.29, 1.82) is 0 Å². The van der Waals surface area contributed by atoms with Gasteiger partial charge in [-0.1, -0.05) is 226 Å². The lowest BCUT2D eigenvalue weighted by molar-refractivity contribution is 0.329. The Kier molecular flexibility index (Phi) is 46.0. The molecule has 0 nitrogen and oxygen atoms in total. The van der Waals surface area contributed by atoms with Crippen LogP contribution in [0.5, 0.6) is 0 Å². The second kappa shape index (κ2) is 37.0. The molecule has 0 aliphatic heterocycles. The van der Waals surface area contributed by atoms with Crippen LogP contribution in [0.3, 0.4) is 0 Å². The summed E-state index contributed by atoms with van der Waals surface area (Å²) in [4.78, 5) is 0. The summed E-state index contributed by atoms with van der Waals surface area (Å²) in [6.07, 6.45) is 31.0. The SMILES string of the molecule is C.C.CC.CC.CC1CCCCCC(C)C1.CC1CCCCCCC1.CC1CCCCCCC1.CCC(C)(C)C. The van der Waals surface area contributed by atoms with Crippen LogP contribution in [-0.4, -0.2) is 0 Å². The molecule has 0 N–H and O–H groups in total. The van der Waals surface area contributed by atoms with E-state index < -0.39 is 0 Å². The van der Waals surface area contributed by atoms with Crippen molar-refractivity contribution in [2.45, 2.75) is 233 Å². The van der Waals surface area contributed by atoms with Gasteiger partial charge in [0.2, 0.25) is 0 Å². The quantitative estimate of drug-likeness (QED) is 0.272. The van der Waals surface area contributed by atoms with Gasteiger partial charge in [-0.05, 0) is 35.5 Å². The maximum atomic E-state index is 2.40. The average molecular weight is 571 g/mol. The highest BCUT2D eigenvalue weighted by Crippen LogP contribution is 2.25. The van der Waals surface area contributed by atoms with Gasteiger partial charge in [-0.25, -0.2) is 0 Å². The third-order valence-electron chi connectivity index (χ3n) is 8.55. The molecule has 0 heteroatoms. The molecular weight excluding hydrogens is 480 g/mol. The van der Waals surface area contributed by atoms with Gasteiger partial charge in [-0.2, -0.15) is 0 Å². The van der Waals surface area contributed by atoms with Gasteiger partial charge in [0.05, 0.1) is 0 Å². The molecular formula is C40H90. The summed E-state index contributed by atoms with van der Waals surface area (Å²) < 4.78 is 0. The molecule has 40 heavy (non-hydrogen) atoms. The van der Waals surface area contributed by atoms with Gasteiger partial charge in [0.1, 0.15) is 0 Å². The van der Waals surface area contributed by atoms with E-state index in [4.69, 9.17) is 0 Å². The molecule has 3 rings (SSSR count). The highest BCUT2D eigenvalue weighted by Gasteiger charge is 2.11. The Balaban J connectivity index is -0.000000130. The summed E-state index contributed by atoms with van der Waals surface area (Å²) in [5.41, 5.74) is 0.542. The van der Waals surface area contributed by atoms with Gasteiger partial charge in [0.15, 0.2) is 0 Å². The molecule has 0 aromatic heterocycles. The molecule has 3 aliphatic rings. The standard InChI is InChI=1S/C10H20.2C9H18.C6H14.2C2H6.2CH4/c1-9-6-4-3-5-7-10(2)8-9;2*1-9-7-5-3-2-4-6-8-9;1-5-6(2,3)4;2*1-2;;/h9-10H,3-8H2,1-2H3;2*9H,2-8H2,1H3;5H2,1-4H3;2*1-2H3;2*1H4. The lowest BCUT2D eigenvalue weighted by Gasteiger charge is -2.20. The van der Waals surface area contributed by atoms with Gasteiger partial charge >= 0.3 is 0 Å². The first-order chi connectivity index (χ1) is 18.1. The highest BCUT2D eigenvalue weighted by molar-refractivity contribution is 4.64. The molecule has 0 bridgehead atoms. The van der Waals surface area contributed by atoms with Crippen molar-refractivity contribution in [1.82, 2.24) is 0 Å². The third-order valence-corrected chi connectivity index (χ3v) is 8.55. The predicted octanol–water partition coefficient (Wildman–Crippen LogP) is 16.1. The lowest BCUT2D eigenvalue weighted by Crippen LogP contribution is -2.06. The fourth-order valence-electron chi connectivity index (χ4n) is 5.41. The third kappa shape index (κ3) is 42.5. The average Bonchev–Trinajstić information content (AvgIpc) is 2.86. The Morgan fingerprint density at radius 3 is 0.800 bits per heavy atom. The van der Waals surface area contributed by atoms with Crippen molar-refractivity contribution in [2.75, 3.05) is 0 Å². The van der Waals surface area contributed by atoms with Crippen LogP contribution >= 0.6 is 0 Å². The van der Waals surface area contributed by atoms with E-state index in [2.05, 4.69) is 55.4 Å². The van der Waals surface area contributed by atoms with Crippen LogP contribution < -0.4 is 0 Å². The van der Waals surface area contributed by atoms with Crippen LogP contribution in [0.4, 0.5) is 0 Å². The first-order valence-electron chi connectivity index (χ1n) is 18.1. The maximum Gasteiger partial charge on any atom is -0.0385 e. The minimum absolute atomic E-state index is 0. The minimum Gasteiger partial charge on any atom is -0.0776 e. The molecule has 3 saturated carbocycles. The largest absolute Gasteiger partial charge is 0.0776 e. The number of hydrogen-bond acceptors (Lipinski definition) is 0. The Morgan fingerprint density at radius 2 is 0.575 bits per heavy atom. The summed E-state index contributed by atoms with van der Waals surface area (Å²) in [7, 11) is 0. The fourth-order valence-corrected chi connectivity index (χ4v) is 5.41. The molecule has 0 heterocycles. The number of rotatable bonds is 0. The van der Waals surface area contributed by atoms with E-state index in [1.165, 1.54) is 135 Å². The van der Waals surface area contributed by atoms with Crippen molar-refractivity contribution in [2.24, 2.45) is 29.1 Å². The smallest absolute Gasteiger partial charge is 0.0385 e. The zero-order chi connectivity index (χ0) is 29.7. The van der Waals surface area contributed by atoms with E-state index in [-0.39, 0.29) is 14.9 Å². The first kappa shape index (κ1) is 49.7. The molecule has 0 aromatic carbocycles. The zero-order valence-electron chi connectivity index (χ0n) is 29.7. The zero-order valence-corrected chi connectivity index (χ0v) is 29.7. The van der Waals surface area contributed by atoms with E-state index in [0.29, 0.717) is 5.41 Å². The Labute approximate surface area is 261 Å². The highest BCUT2D eigenvalue weighted by atomic mass is 14.2. The molecule has 250 valence electrons. The summed E-state index contributed by atoms with van der Waals surface area (Å²) in [6.45, 7) is 26.5. The van der Waals surface area contributed by atoms with Crippen LogP contribution in [0, 0.1) is 29.1 Å². The van der Waals surface area contributed by atoms with Gasteiger partial charge in [0, 0.05) is 0 Å². The first-order valence-corrected chi connectivity index (χ1v) is 18.1. The van der Waals surface area contributed by atoms with Gasteiger partial charge < -0.3 is 0 Å². The molecule has 0 spiro atoms. The second-order valence-electron chi connectivity index (χ2n) is 13.9. The monoisotopic (exact) mass is 571 g/mol. The van der Waals surface area contributed by atoms with Crippen LogP contribution in [-0.2, 0) is 0 Å². The molecule has 0 radical (unpaired) electrons. The van der Waals surface area contributed by atoms with E-state index in [1.54, 1.807) is 0 Å². The Morgan fingerprint density at radius 1 is 0.400 bits per heavy atom. The van der Waals surface area contributed by atoms with E-state index in [9.17, 15) is 0 Å². The number of hydrogen-bond donors (Lipinski definition) is 0. The van der Waals surface area contributed by atoms with Crippen LogP contribution in [0.15, 0.2) is 0 Å². The molecule has 3 aliphatic carbocycles. The lowest BCUT2D eigenvalue weighted by atomic mass is 9.86. The molecule has 0 amide bonds. The Hall–Kier alpha value is 0. The van der Waals surface area contributed by atoms with Crippen molar-refractivity contribution < 1.29 is 0 Å². The fraction of sp³-hybridized carbons (Fsp3) is 1.00. The van der Waals surface area contributed by atoms with Gasteiger partial charge in [-0.15, -0.1) is 0 Å². The van der Waals surface area contributed by atoms with E-state index in [0.717, 1.165) is 23.7 Å². The van der Waals surface area contributed by atoms with Crippen molar-refractivity contribution in [3.05, 3.63) is 0 Å². The second-order valence-corrected chi connectivity index (χ2v) is 13.9. The predicted molar refractivity (Wildman–Crippen MR) is 195 cm³/mol. The summed E-state index contributed by atoms with van der Waals surface area (Å²) in [6, 6.07) is 0.